The van der Waals surface area contributed by atoms with E-state index < -0.39 is 5.97 Å². The molecule has 0 aliphatic heterocycles. The smallest absolute Gasteiger partial charge is 0.337 e. The summed E-state index contributed by atoms with van der Waals surface area (Å²) in [5, 5.41) is 0. The van der Waals surface area contributed by atoms with Gasteiger partial charge >= 0.3 is 5.97 Å². The Labute approximate surface area is 113 Å². The molecule has 0 spiro atoms. The molecule has 18 heavy (non-hydrogen) atoms. The third-order valence-corrected chi connectivity index (χ3v) is 2.61. The zero-order chi connectivity index (χ0) is 13.0. The number of hydrogen-bond acceptors (Lipinski definition) is 4. The Hall–Kier alpha value is -1.88. The van der Waals surface area contributed by atoms with Crippen LogP contribution in [0.1, 0.15) is 10.4 Å². The molecule has 0 unspecified atom stereocenters. The fourth-order valence-corrected chi connectivity index (χ4v) is 1.70. The number of methoxy groups -OCH3 is 1. The van der Waals surface area contributed by atoms with Crippen LogP contribution in [0.5, 0.6) is 11.6 Å². The maximum atomic E-state index is 11.4. The third-order valence-electron chi connectivity index (χ3n) is 2.17. The molecule has 0 radical (unpaired) electrons. The van der Waals surface area contributed by atoms with E-state index in [0.717, 1.165) is 0 Å². The van der Waals surface area contributed by atoms with E-state index >= 15 is 0 Å². The van der Waals surface area contributed by atoms with Crippen molar-refractivity contribution in [1.82, 2.24) is 4.98 Å². The monoisotopic (exact) mass is 307 g/mol. The molecule has 0 saturated heterocycles. The first-order chi connectivity index (χ1) is 8.69. The summed E-state index contributed by atoms with van der Waals surface area (Å²) >= 11 is 3.26. The summed E-state index contributed by atoms with van der Waals surface area (Å²) in [6.45, 7) is 0. The average molecular weight is 308 g/mol. The van der Waals surface area contributed by atoms with E-state index in [9.17, 15) is 4.79 Å². The molecule has 1 aromatic carbocycles. The Morgan fingerprint density at radius 1 is 1.22 bits per heavy atom. The minimum Gasteiger partial charge on any atom is -0.465 e. The number of aromatic nitrogens is 1. The third kappa shape index (κ3) is 3.07. The Kier molecular flexibility index (Phi) is 3.94. The molecule has 0 bridgehead atoms. The molecule has 92 valence electrons. The lowest BCUT2D eigenvalue weighted by Gasteiger charge is -2.06. The van der Waals surface area contributed by atoms with Crippen LogP contribution in [0, 0.1) is 0 Å². The van der Waals surface area contributed by atoms with Crippen LogP contribution in [0.3, 0.4) is 0 Å². The maximum absolute atomic E-state index is 11.4. The number of carbonyl (C=O) groups excluding carboxylic acids is 1. The summed E-state index contributed by atoms with van der Waals surface area (Å²) in [4.78, 5) is 15.5. The van der Waals surface area contributed by atoms with E-state index in [4.69, 9.17) is 4.74 Å². The van der Waals surface area contributed by atoms with Gasteiger partial charge in [-0.3, -0.25) is 0 Å². The molecule has 5 heteroatoms. The molecule has 0 amide bonds. The lowest BCUT2D eigenvalue weighted by atomic mass is 10.2. The molecule has 2 aromatic rings. The molecule has 0 aliphatic carbocycles. The number of ether oxygens (including phenoxy) is 2. The average Bonchev–Trinajstić information content (AvgIpc) is 2.38. The SMILES string of the molecule is COC(=O)c1cccc(Oc2cccc(Br)n2)c1. The molecule has 4 nitrogen and oxygen atoms in total. The fraction of sp³-hybridized carbons (Fsp3) is 0.0769. The van der Waals surface area contributed by atoms with Gasteiger partial charge in [-0.15, -0.1) is 0 Å². The van der Waals surface area contributed by atoms with Crippen molar-refractivity contribution >= 4 is 21.9 Å². The number of halogens is 1. The standard InChI is InChI=1S/C13H10BrNO3/c1-17-13(16)9-4-2-5-10(8-9)18-12-7-3-6-11(14)15-12/h2-8H,1H3. The van der Waals surface area contributed by atoms with Gasteiger partial charge in [0.2, 0.25) is 5.88 Å². The van der Waals surface area contributed by atoms with Gasteiger partial charge in [-0.05, 0) is 40.2 Å². The van der Waals surface area contributed by atoms with Gasteiger partial charge in [0, 0.05) is 6.07 Å². The molecular formula is C13H10BrNO3. The highest BCUT2D eigenvalue weighted by Crippen LogP contribution is 2.22. The molecule has 0 atom stereocenters. The normalized spacial score (nSPS) is 9.89. The van der Waals surface area contributed by atoms with E-state index in [-0.39, 0.29) is 0 Å². The highest BCUT2D eigenvalue weighted by atomic mass is 79.9. The van der Waals surface area contributed by atoms with Crippen LogP contribution in [0.2, 0.25) is 0 Å². The first-order valence-corrected chi connectivity index (χ1v) is 5.97. The van der Waals surface area contributed by atoms with Gasteiger partial charge in [0.25, 0.3) is 0 Å². The summed E-state index contributed by atoms with van der Waals surface area (Å²) < 4.78 is 10.9. The van der Waals surface area contributed by atoms with Crippen LogP contribution >= 0.6 is 15.9 Å². The van der Waals surface area contributed by atoms with Crippen molar-refractivity contribution in [2.75, 3.05) is 7.11 Å². The van der Waals surface area contributed by atoms with Crippen LogP contribution in [0.15, 0.2) is 47.1 Å². The first-order valence-electron chi connectivity index (χ1n) is 5.18. The topological polar surface area (TPSA) is 48.4 Å². The van der Waals surface area contributed by atoms with Crippen molar-refractivity contribution in [3.63, 3.8) is 0 Å². The Morgan fingerprint density at radius 3 is 2.72 bits per heavy atom. The number of rotatable bonds is 3. The van der Waals surface area contributed by atoms with Gasteiger partial charge in [0.1, 0.15) is 10.4 Å². The zero-order valence-corrected chi connectivity index (χ0v) is 11.2. The second-order valence-corrected chi connectivity index (χ2v) is 4.23. The van der Waals surface area contributed by atoms with Gasteiger partial charge in [0.05, 0.1) is 12.7 Å². The van der Waals surface area contributed by atoms with Crippen molar-refractivity contribution < 1.29 is 14.3 Å². The summed E-state index contributed by atoms with van der Waals surface area (Å²) in [5.74, 6) is 0.581. The molecule has 0 saturated carbocycles. The molecule has 0 aliphatic rings. The lowest BCUT2D eigenvalue weighted by Crippen LogP contribution is -2.01. The highest BCUT2D eigenvalue weighted by Gasteiger charge is 2.07. The quantitative estimate of drug-likeness (QED) is 0.644. The lowest BCUT2D eigenvalue weighted by molar-refractivity contribution is 0.0600. The minimum absolute atomic E-state index is 0.400. The van der Waals surface area contributed by atoms with Gasteiger partial charge in [0.15, 0.2) is 0 Å². The number of nitrogens with zero attached hydrogens (tertiary/aromatic N) is 1. The van der Waals surface area contributed by atoms with Crippen molar-refractivity contribution in [2.45, 2.75) is 0 Å². The van der Waals surface area contributed by atoms with Crippen molar-refractivity contribution in [2.24, 2.45) is 0 Å². The summed E-state index contributed by atoms with van der Waals surface area (Å²) in [5.41, 5.74) is 0.435. The maximum Gasteiger partial charge on any atom is 0.337 e. The molecule has 1 heterocycles. The fourth-order valence-electron chi connectivity index (χ4n) is 1.37. The predicted molar refractivity (Wildman–Crippen MR) is 69.8 cm³/mol. The van der Waals surface area contributed by atoms with Crippen molar-refractivity contribution in [1.29, 1.82) is 0 Å². The van der Waals surface area contributed by atoms with Crippen molar-refractivity contribution in [3.8, 4) is 11.6 Å². The molecule has 0 N–H and O–H groups in total. The summed E-state index contributed by atoms with van der Waals surface area (Å²) in [6.07, 6.45) is 0. The van der Waals surface area contributed by atoms with Crippen LogP contribution in [0.25, 0.3) is 0 Å². The van der Waals surface area contributed by atoms with E-state index in [2.05, 4.69) is 25.7 Å². The van der Waals surface area contributed by atoms with Gasteiger partial charge in [-0.25, -0.2) is 9.78 Å². The van der Waals surface area contributed by atoms with E-state index in [1.807, 2.05) is 6.07 Å². The Balaban J connectivity index is 2.22. The summed E-state index contributed by atoms with van der Waals surface area (Å²) in [7, 11) is 1.34. The van der Waals surface area contributed by atoms with Crippen LogP contribution in [0.4, 0.5) is 0 Å². The Morgan fingerprint density at radius 2 is 2.00 bits per heavy atom. The second kappa shape index (κ2) is 5.64. The largest absolute Gasteiger partial charge is 0.465 e. The first kappa shape index (κ1) is 12.6. The van der Waals surface area contributed by atoms with E-state index in [0.29, 0.717) is 21.8 Å². The van der Waals surface area contributed by atoms with Crippen molar-refractivity contribution in [3.05, 3.63) is 52.6 Å². The van der Waals surface area contributed by atoms with Gasteiger partial charge < -0.3 is 9.47 Å². The zero-order valence-electron chi connectivity index (χ0n) is 9.59. The number of hydrogen-bond donors (Lipinski definition) is 0. The Bertz CT molecular complexity index is 572. The van der Waals surface area contributed by atoms with Crippen LogP contribution in [-0.2, 0) is 4.74 Å². The predicted octanol–water partition coefficient (Wildman–Crippen LogP) is 3.42. The van der Waals surface area contributed by atoms with Gasteiger partial charge in [-0.1, -0.05) is 12.1 Å². The molecule has 1 aromatic heterocycles. The van der Waals surface area contributed by atoms with Crippen LogP contribution in [-0.4, -0.2) is 18.1 Å². The minimum atomic E-state index is -0.400. The highest BCUT2D eigenvalue weighted by molar-refractivity contribution is 9.10. The van der Waals surface area contributed by atoms with Crippen LogP contribution < -0.4 is 4.74 Å². The van der Waals surface area contributed by atoms with E-state index in [1.54, 1.807) is 36.4 Å². The molecule has 0 fully saturated rings. The van der Waals surface area contributed by atoms with E-state index in [1.165, 1.54) is 7.11 Å². The second-order valence-electron chi connectivity index (χ2n) is 3.42. The molecular weight excluding hydrogens is 298 g/mol. The summed E-state index contributed by atoms with van der Waals surface area (Å²) in [6, 6.07) is 12.1. The number of carbonyl (C=O) groups is 1. The number of pyridine rings is 1. The molecule has 2 rings (SSSR count). The number of esters is 1. The van der Waals surface area contributed by atoms with Gasteiger partial charge in [-0.2, -0.15) is 0 Å². The number of benzene rings is 1.